The van der Waals surface area contributed by atoms with Gasteiger partial charge in [0.15, 0.2) is 0 Å². The quantitative estimate of drug-likeness (QED) is 0.789. The van der Waals surface area contributed by atoms with Gasteiger partial charge in [0.25, 0.3) is 0 Å². The summed E-state index contributed by atoms with van der Waals surface area (Å²) in [5.74, 6) is 0.405. The van der Waals surface area contributed by atoms with Gasteiger partial charge in [-0.15, -0.1) is 0 Å². The third-order valence-corrected chi connectivity index (χ3v) is 3.70. The predicted molar refractivity (Wildman–Crippen MR) is 77.9 cm³/mol. The van der Waals surface area contributed by atoms with Gasteiger partial charge in [0.05, 0.1) is 22.2 Å². The summed E-state index contributed by atoms with van der Waals surface area (Å²) in [6.45, 7) is 0.624. The minimum absolute atomic E-state index is 0.193. The van der Waals surface area contributed by atoms with Crippen molar-refractivity contribution in [3.05, 3.63) is 57.3 Å². The van der Waals surface area contributed by atoms with Gasteiger partial charge in [0.1, 0.15) is 11.4 Å². The average molecular weight is 308 g/mol. The van der Waals surface area contributed by atoms with Gasteiger partial charge in [-0.25, -0.2) is 4.98 Å². The van der Waals surface area contributed by atoms with Gasteiger partial charge < -0.3 is 4.74 Å². The standard InChI is InChI=1S/C15H11Cl2NO2/c16-10-7-12(17)13(18-8-10)14(19)11-5-1-3-9-4-2-6-20-15(9)11/h1,3,5,7-8H,2,4,6H2. The van der Waals surface area contributed by atoms with Crippen molar-refractivity contribution < 1.29 is 9.53 Å². The molecule has 2 aromatic rings. The van der Waals surface area contributed by atoms with Crippen molar-refractivity contribution in [2.24, 2.45) is 0 Å². The summed E-state index contributed by atoms with van der Waals surface area (Å²) in [6.07, 6.45) is 3.29. The number of carbonyl (C=O) groups excluding carboxylic acids is 1. The van der Waals surface area contributed by atoms with Crippen molar-refractivity contribution in [3.63, 3.8) is 0 Å². The Hall–Kier alpha value is -1.58. The number of aryl methyl sites for hydroxylation is 1. The molecule has 0 saturated carbocycles. The second kappa shape index (κ2) is 5.43. The third-order valence-electron chi connectivity index (χ3n) is 3.20. The first kappa shape index (κ1) is 13.4. The number of fused-ring (bicyclic) bond motifs is 1. The first-order chi connectivity index (χ1) is 9.66. The maximum Gasteiger partial charge on any atom is 0.216 e. The SMILES string of the molecule is O=C(c1cccc2c1OCCC2)c1ncc(Cl)cc1Cl. The zero-order chi connectivity index (χ0) is 14.1. The summed E-state index contributed by atoms with van der Waals surface area (Å²) in [5, 5.41) is 0.647. The van der Waals surface area contributed by atoms with Gasteiger partial charge in [-0.2, -0.15) is 0 Å². The first-order valence-corrected chi connectivity index (χ1v) is 7.03. The highest BCUT2D eigenvalue weighted by Crippen LogP contribution is 2.31. The van der Waals surface area contributed by atoms with Crippen LogP contribution in [0.2, 0.25) is 10.0 Å². The molecule has 1 aromatic heterocycles. The van der Waals surface area contributed by atoms with Crippen LogP contribution >= 0.6 is 23.2 Å². The highest BCUT2D eigenvalue weighted by Gasteiger charge is 2.22. The normalized spacial score (nSPS) is 13.5. The highest BCUT2D eigenvalue weighted by molar-refractivity contribution is 6.37. The van der Waals surface area contributed by atoms with Crippen LogP contribution in [0.4, 0.5) is 0 Å². The van der Waals surface area contributed by atoms with Crippen LogP contribution in [0.15, 0.2) is 30.5 Å². The number of hydrogen-bond acceptors (Lipinski definition) is 3. The molecule has 2 heterocycles. The summed E-state index contributed by atoms with van der Waals surface area (Å²) in [7, 11) is 0. The molecule has 0 aliphatic carbocycles. The van der Waals surface area contributed by atoms with Crippen LogP contribution in [0.5, 0.6) is 5.75 Å². The molecule has 20 heavy (non-hydrogen) atoms. The van der Waals surface area contributed by atoms with E-state index < -0.39 is 0 Å². The minimum atomic E-state index is -0.245. The Morgan fingerprint density at radius 2 is 2.15 bits per heavy atom. The topological polar surface area (TPSA) is 39.2 Å². The van der Waals surface area contributed by atoms with E-state index in [2.05, 4.69) is 4.98 Å². The number of aromatic nitrogens is 1. The van der Waals surface area contributed by atoms with Gasteiger partial charge in [0.2, 0.25) is 5.78 Å². The van der Waals surface area contributed by atoms with Crippen LogP contribution in [-0.4, -0.2) is 17.4 Å². The molecule has 0 bridgehead atoms. The highest BCUT2D eigenvalue weighted by atomic mass is 35.5. The number of carbonyl (C=O) groups is 1. The summed E-state index contributed by atoms with van der Waals surface area (Å²) >= 11 is 11.8. The lowest BCUT2D eigenvalue weighted by Gasteiger charge is -2.19. The maximum atomic E-state index is 12.6. The van der Waals surface area contributed by atoms with Crippen molar-refractivity contribution in [2.75, 3.05) is 6.61 Å². The lowest BCUT2D eigenvalue weighted by molar-refractivity contribution is 0.102. The van der Waals surface area contributed by atoms with E-state index in [0.29, 0.717) is 22.9 Å². The maximum absolute atomic E-state index is 12.6. The summed E-state index contributed by atoms with van der Waals surface area (Å²) in [5.41, 5.74) is 1.74. The third kappa shape index (κ3) is 2.39. The molecule has 0 atom stereocenters. The summed E-state index contributed by atoms with van der Waals surface area (Å²) in [6, 6.07) is 7.07. The molecule has 0 unspecified atom stereocenters. The molecule has 3 nitrogen and oxygen atoms in total. The molecule has 3 rings (SSSR count). The second-order valence-electron chi connectivity index (χ2n) is 4.56. The zero-order valence-electron chi connectivity index (χ0n) is 10.5. The van der Waals surface area contributed by atoms with Gasteiger partial charge in [0, 0.05) is 6.20 Å². The predicted octanol–water partition coefficient (Wildman–Crippen LogP) is 3.94. The molecule has 1 aliphatic rings. The monoisotopic (exact) mass is 307 g/mol. The Morgan fingerprint density at radius 1 is 1.30 bits per heavy atom. The molecule has 0 radical (unpaired) electrons. The fraction of sp³-hybridized carbons (Fsp3) is 0.200. The summed E-state index contributed by atoms with van der Waals surface area (Å²) < 4.78 is 5.64. The number of benzene rings is 1. The molecule has 1 aromatic carbocycles. The molecule has 102 valence electrons. The van der Waals surface area contributed by atoms with E-state index in [0.717, 1.165) is 18.4 Å². The van der Waals surface area contributed by atoms with E-state index in [1.807, 2.05) is 12.1 Å². The van der Waals surface area contributed by atoms with Crippen LogP contribution in [0, 0.1) is 0 Å². The molecule has 0 spiro atoms. The van der Waals surface area contributed by atoms with E-state index in [1.54, 1.807) is 6.07 Å². The largest absolute Gasteiger partial charge is 0.493 e. The Balaban J connectivity index is 2.07. The van der Waals surface area contributed by atoms with Crippen molar-refractivity contribution in [2.45, 2.75) is 12.8 Å². The number of pyridine rings is 1. The Labute approximate surface area is 126 Å². The van der Waals surface area contributed by atoms with Gasteiger partial charge in [-0.1, -0.05) is 35.3 Å². The van der Waals surface area contributed by atoms with Gasteiger partial charge >= 0.3 is 0 Å². The second-order valence-corrected chi connectivity index (χ2v) is 5.40. The minimum Gasteiger partial charge on any atom is -0.493 e. The molecular weight excluding hydrogens is 297 g/mol. The number of ether oxygens (including phenoxy) is 1. The van der Waals surface area contributed by atoms with Gasteiger partial charge in [-0.05, 0) is 30.5 Å². The van der Waals surface area contributed by atoms with Crippen LogP contribution in [0.1, 0.15) is 28.0 Å². The number of nitrogens with zero attached hydrogens (tertiary/aromatic N) is 1. The smallest absolute Gasteiger partial charge is 0.216 e. The molecule has 0 fully saturated rings. The van der Waals surface area contributed by atoms with E-state index in [9.17, 15) is 4.79 Å². The van der Waals surface area contributed by atoms with E-state index in [1.165, 1.54) is 12.3 Å². The summed E-state index contributed by atoms with van der Waals surface area (Å²) in [4.78, 5) is 16.6. The number of halogens is 2. The first-order valence-electron chi connectivity index (χ1n) is 6.27. The van der Waals surface area contributed by atoms with Crippen molar-refractivity contribution in [1.82, 2.24) is 4.98 Å². The van der Waals surface area contributed by atoms with Crippen molar-refractivity contribution in [3.8, 4) is 5.75 Å². The van der Waals surface area contributed by atoms with Crippen molar-refractivity contribution in [1.29, 1.82) is 0 Å². The van der Waals surface area contributed by atoms with Gasteiger partial charge in [-0.3, -0.25) is 4.79 Å². The van der Waals surface area contributed by atoms with Crippen LogP contribution in [0.3, 0.4) is 0 Å². The number of para-hydroxylation sites is 1. The van der Waals surface area contributed by atoms with Crippen LogP contribution in [-0.2, 0) is 6.42 Å². The lowest BCUT2D eigenvalue weighted by atomic mass is 9.99. The fourth-order valence-corrected chi connectivity index (χ4v) is 2.74. The average Bonchev–Trinajstić information content (AvgIpc) is 2.46. The number of ketones is 1. The Morgan fingerprint density at radius 3 is 2.95 bits per heavy atom. The van der Waals surface area contributed by atoms with E-state index in [4.69, 9.17) is 27.9 Å². The Kier molecular flexibility index (Phi) is 3.64. The lowest BCUT2D eigenvalue weighted by Crippen LogP contribution is -2.14. The molecule has 0 saturated heterocycles. The number of rotatable bonds is 2. The van der Waals surface area contributed by atoms with E-state index >= 15 is 0 Å². The molecule has 0 amide bonds. The van der Waals surface area contributed by atoms with Crippen molar-refractivity contribution >= 4 is 29.0 Å². The fourth-order valence-electron chi connectivity index (χ4n) is 2.28. The van der Waals surface area contributed by atoms with Crippen LogP contribution in [0.25, 0.3) is 0 Å². The molecule has 1 aliphatic heterocycles. The molecular formula is C15H11Cl2NO2. The Bertz CT molecular complexity index is 686. The van der Waals surface area contributed by atoms with E-state index in [-0.39, 0.29) is 16.5 Å². The zero-order valence-corrected chi connectivity index (χ0v) is 12.0. The van der Waals surface area contributed by atoms with Crippen LogP contribution < -0.4 is 4.74 Å². The molecule has 5 heteroatoms. The number of hydrogen-bond donors (Lipinski definition) is 0. The molecule has 0 N–H and O–H groups in total.